The first-order chi connectivity index (χ1) is 5.00. The summed E-state index contributed by atoms with van der Waals surface area (Å²) < 4.78 is 14.6. The number of ether oxygens (including phenoxy) is 1. The number of nitrogens with two attached hydrogens (primary N) is 3. The van der Waals surface area contributed by atoms with Gasteiger partial charge in [0.05, 0.1) is 13.2 Å². The van der Waals surface area contributed by atoms with Gasteiger partial charge >= 0.3 is 0 Å². The topological polar surface area (TPSA) is 116 Å². The third-order valence-corrected chi connectivity index (χ3v) is 0.846. The summed E-state index contributed by atoms with van der Waals surface area (Å²) in [6.45, 7) is 3.83. The first kappa shape index (κ1) is 11.0. The van der Waals surface area contributed by atoms with Crippen molar-refractivity contribution in [1.82, 2.24) is 5.32 Å². The Morgan fingerprint density at radius 1 is 1.18 bits per heavy atom. The average molecular weight is 182 g/mol. The molecule has 0 unspecified atom stereocenters. The summed E-state index contributed by atoms with van der Waals surface area (Å²) in [7, 11) is -3.14. The van der Waals surface area contributed by atoms with Gasteiger partial charge in [-0.3, -0.25) is 21.1 Å². The van der Waals surface area contributed by atoms with Crippen LogP contribution in [0.4, 0.5) is 0 Å². The molecule has 0 saturated carbocycles. The van der Waals surface area contributed by atoms with Crippen LogP contribution in [0.3, 0.4) is 0 Å². The molecule has 6 nitrogen and oxygen atoms in total. The zero-order valence-electron chi connectivity index (χ0n) is 6.32. The molecule has 11 heavy (non-hydrogen) atoms. The van der Waals surface area contributed by atoms with E-state index in [2.05, 4.69) is 21.8 Å². The van der Waals surface area contributed by atoms with Crippen molar-refractivity contribution in [1.29, 1.82) is 0 Å². The number of morpholine rings is 1. The van der Waals surface area contributed by atoms with E-state index in [4.69, 9.17) is 4.74 Å². The van der Waals surface area contributed by atoms with Gasteiger partial charge in [0, 0.05) is 13.1 Å². The van der Waals surface area contributed by atoms with E-state index in [-0.39, 0.29) is 0 Å². The summed E-state index contributed by atoms with van der Waals surface area (Å²) in [6, 6.07) is 0. The van der Waals surface area contributed by atoms with E-state index >= 15 is 0 Å². The van der Waals surface area contributed by atoms with Crippen LogP contribution in [-0.2, 0) is 9.30 Å². The maximum atomic E-state index is 9.55. The van der Waals surface area contributed by atoms with Gasteiger partial charge in [-0.05, 0) is 0 Å². The van der Waals surface area contributed by atoms with E-state index in [0.717, 1.165) is 26.3 Å². The van der Waals surface area contributed by atoms with Crippen molar-refractivity contribution in [2.45, 2.75) is 0 Å². The predicted molar refractivity (Wildman–Crippen MR) is 43.9 cm³/mol. The van der Waals surface area contributed by atoms with Crippen LogP contribution in [0.5, 0.6) is 0 Å². The molecular weight excluding hydrogens is 167 g/mol. The fourth-order valence-corrected chi connectivity index (χ4v) is 0.516. The molecule has 1 rings (SSSR count). The van der Waals surface area contributed by atoms with Gasteiger partial charge in [0.2, 0.25) is 0 Å². The Hall–Kier alpha value is 0.0300. The summed E-state index contributed by atoms with van der Waals surface area (Å²) in [5.41, 5.74) is 13.4. The molecule has 0 amide bonds. The lowest BCUT2D eigenvalue weighted by Gasteiger charge is -2.10. The Kier molecular flexibility index (Phi) is 5.67. The normalized spacial score (nSPS) is 18.5. The van der Waals surface area contributed by atoms with Gasteiger partial charge in [-0.1, -0.05) is 0 Å². The second-order valence-corrected chi connectivity index (χ2v) is 3.65. The smallest absolute Gasteiger partial charge is 0.271 e. The Bertz CT molecular complexity index is 112. The lowest BCUT2D eigenvalue weighted by Crippen LogP contribution is -2.30. The highest BCUT2D eigenvalue weighted by molar-refractivity contribution is 7.56. The molecule has 0 aromatic heterocycles. The molecule has 1 fully saturated rings. The largest absolute Gasteiger partial charge is 0.379 e. The molecule has 0 radical (unpaired) electrons. The van der Waals surface area contributed by atoms with Crippen LogP contribution >= 0.6 is 7.59 Å². The molecule has 68 valence electrons. The number of hydrogen-bond donors (Lipinski definition) is 4. The van der Waals surface area contributed by atoms with Crippen molar-refractivity contribution in [2.75, 3.05) is 26.3 Å². The molecule has 0 aromatic carbocycles. The molecule has 1 aliphatic rings. The van der Waals surface area contributed by atoms with Crippen LogP contribution in [0.25, 0.3) is 0 Å². The van der Waals surface area contributed by atoms with Gasteiger partial charge in [-0.15, -0.1) is 0 Å². The molecule has 7 N–H and O–H groups in total. The molecular formula is C4H15N4O2P. The predicted octanol–water partition coefficient (Wildman–Crippen LogP) is -1.42. The van der Waals surface area contributed by atoms with Crippen LogP contribution in [0.1, 0.15) is 0 Å². The first-order valence-electron chi connectivity index (χ1n) is 3.24. The van der Waals surface area contributed by atoms with E-state index in [1.807, 2.05) is 0 Å². The lowest BCUT2D eigenvalue weighted by molar-refractivity contribution is 0.109. The van der Waals surface area contributed by atoms with Gasteiger partial charge in [-0.25, -0.2) is 0 Å². The Morgan fingerprint density at radius 2 is 1.55 bits per heavy atom. The van der Waals surface area contributed by atoms with Crippen LogP contribution in [-0.4, -0.2) is 26.3 Å². The van der Waals surface area contributed by atoms with Crippen molar-refractivity contribution in [3.63, 3.8) is 0 Å². The van der Waals surface area contributed by atoms with Crippen molar-refractivity contribution in [2.24, 2.45) is 16.5 Å². The summed E-state index contributed by atoms with van der Waals surface area (Å²) in [4.78, 5) is 0. The van der Waals surface area contributed by atoms with Crippen molar-refractivity contribution in [3.8, 4) is 0 Å². The molecule has 0 atom stereocenters. The first-order valence-corrected chi connectivity index (χ1v) is 5.16. The number of hydrogen-bond acceptors (Lipinski definition) is 3. The highest BCUT2D eigenvalue weighted by Gasteiger charge is 1.93. The molecule has 1 heterocycles. The number of rotatable bonds is 0. The summed E-state index contributed by atoms with van der Waals surface area (Å²) in [5, 5.41) is 3.16. The molecule has 0 spiro atoms. The highest BCUT2D eigenvalue weighted by atomic mass is 31.2. The second kappa shape index (κ2) is 5.65. The van der Waals surface area contributed by atoms with E-state index in [0.29, 0.717) is 0 Å². The SMILES string of the molecule is C1COCCN1.NP(N)(N)=O. The Balaban J connectivity index is 0.000000187. The van der Waals surface area contributed by atoms with E-state index in [1.54, 1.807) is 0 Å². The monoisotopic (exact) mass is 182 g/mol. The van der Waals surface area contributed by atoms with E-state index < -0.39 is 7.59 Å². The van der Waals surface area contributed by atoms with Crippen molar-refractivity contribution in [3.05, 3.63) is 0 Å². The lowest BCUT2D eigenvalue weighted by atomic mass is 10.5. The van der Waals surface area contributed by atoms with Crippen LogP contribution in [0, 0.1) is 0 Å². The van der Waals surface area contributed by atoms with Gasteiger partial charge in [0.25, 0.3) is 7.59 Å². The minimum absolute atomic E-state index is 0.889. The molecule has 0 aromatic rings. The van der Waals surface area contributed by atoms with Gasteiger partial charge in [0.1, 0.15) is 0 Å². The molecule has 0 aliphatic carbocycles. The van der Waals surface area contributed by atoms with Crippen molar-refractivity contribution < 1.29 is 9.30 Å². The third-order valence-electron chi connectivity index (χ3n) is 0.846. The Labute approximate surface area is 66.0 Å². The molecule has 1 saturated heterocycles. The van der Waals surface area contributed by atoms with Crippen LogP contribution in [0.2, 0.25) is 0 Å². The molecule has 0 bridgehead atoms. The van der Waals surface area contributed by atoms with E-state index in [9.17, 15) is 4.57 Å². The quantitative estimate of drug-likeness (QED) is 0.341. The third kappa shape index (κ3) is 17.8. The zero-order valence-corrected chi connectivity index (χ0v) is 7.22. The van der Waals surface area contributed by atoms with Gasteiger partial charge in [-0.2, -0.15) is 0 Å². The summed E-state index contributed by atoms with van der Waals surface area (Å²) in [6.07, 6.45) is 0. The maximum Gasteiger partial charge on any atom is 0.271 e. The van der Waals surface area contributed by atoms with Crippen LogP contribution in [0.15, 0.2) is 0 Å². The maximum absolute atomic E-state index is 9.55. The minimum atomic E-state index is -3.14. The van der Waals surface area contributed by atoms with Crippen LogP contribution < -0.4 is 21.8 Å². The average Bonchev–Trinajstić information content (AvgIpc) is 1.88. The van der Waals surface area contributed by atoms with Crippen molar-refractivity contribution >= 4 is 7.59 Å². The standard InChI is InChI=1S/C4H9NO.H6N3OP/c1-3-6-4-2-5-1;1-5(2,3)4/h5H,1-4H2;(H6,1,2,3,4). The van der Waals surface area contributed by atoms with Gasteiger partial charge in [0.15, 0.2) is 0 Å². The highest BCUT2D eigenvalue weighted by Crippen LogP contribution is 2.06. The molecule has 7 heteroatoms. The minimum Gasteiger partial charge on any atom is -0.379 e. The summed E-state index contributed by atoms with van der Waals surface area (Å²) >= 11 is 0. The van der Waals surface area contributed by atoms with E-state index in [1.165, 1.54) is 0 Å². The second-order valence-electron chi connectivity index (χ2n) is 2.13. The molecule has 1 aliphatic heterocycles. The summed E-state index contributed by atoms with van der Waals surface area (Å²) in [5.74, 6) is 0. The number of nitrogens with one attached hydrogen (secondary N) is 1. The zero-order chi connectivity index (χ0) is 8.74. The van der Waals surface area contributed by atoms with Gasteiger partial charge < -0.3 is 10.1 Å². The fraction of sp³-hybridized carbons (Fsp3) is 1.00. The Morgan fingerprint density at radius 3 is 1.64 bits per heavy atom. The fourth-order valence-electron chi connectivity index (χ4n) is 0.516.